The van der Waals surface area contributed by atoms with Gasteiger partial charge in [0.2, 0.25) is 0 Å². The summed E-state index contributed by atoms with van der Waals surface area (Å²) in [6, 6.07) is 7.99. The third kappa shape index (κ3) is 3.49. The summed E-state index contributed by atoms with van der Waals surface area (Å²) >= 11 is 0. The van der Waals surface area contributed by atoms with Crippen molar-refractivity contribution in [2.45, 2.75) is 51.7 Å². The molecule has 1 aromatic rings. The number of esters is 1. The van der Waals surface area contributed by atoms with Crippen molar-refractivity contribution in [2.75, 3.05) is 20.2 Å². The highest BCUT2D eigenvalue weighted by Gasteiger charge is 2.59. The summed E-state index contributed by atoms with van der Waals surface area (Å²) in [5.41, 5.74) is 2.18. The fourth-order valence-electron chi connectivity index (χ4n) is 5.69. The van der Waals surface area contributed by atoms with E-state index in [2.05, 4.69) is 31.3 Å². The summed E-state index contributed by atoms with van der Waals surface area (Å²) in [5.74, 6) is 0.702. The van der Waals surface area contributed by atoms with E-state index >= 15 is 0 Å². The van der Waals surface area contributed by atoms with Gasteiger partial charge in [0.05, 0.1) is 19.1 Å². The normalized spacial score (nSPS) is 36.1. The molecule has 0 spiro atoms. The fourth-order valence-corrected chi connectivity index (χ4v) is 5.69. The van der Waals surface area contributed by atoms with Gasteiger partial charge in [0.15, 0.2) is 0 Å². The number of rotatable bonds is 6. The monoisotopic (exact) mass is 399 g/mol. The Balaban J connectivity index is 1.41. The van der Waals surface area contributed by atoms with Gasteiger partial charge in [-0.05, 0) is 43.4 Å². The topological polar surface area (TPSA) is 67.8 Å². The molecule has 1 heterocycles. The van der Waals surface area contributed by atoms with Gasteiger partial charge in [-0.2, -0.15) is 0 Å². The quantitative estimate of drug-likeness (QED) is 0.437. The third-order valence-electron chi connectivity index (χ3n) is 7.70. The Morgan fingerprint density at radius 3 is 2.93 bits per heavy atom. The zero-order valence-electron chi connectivity index (χ0n) is 17.7. The molecule has 0 unspecified atom stereocenters. The lowest BCUT2D eigenvalue weighted by Crippen LogP contribution is -2.54. The van der Waals surface area contributed by atoms with Crippen LogP contribution in [0.1, 0.15) is 38.7 Å². The van der Waals surface area contributed by atoms with E-state index in [0.717, 1.165) is 43.5 Å². The lowest BCUT2D eigenvalue weighted by atomic mass is 9.55. The van der Waals surface area contributed by atoms with E-state index in [1.165, 1.54) is 5.57 Å². The second-order valence-electron chi connectivity index (χ2n) is 9.06. The first kappa shape index (κ1) is 20.4. The molecule has 5 nitrogen and oxygen atoms in total. The standard InChI is InChI=1S/C24H33NO4/c1-15-7-6-9-17-13-20-21(22(26)24(15,17)2)18(23(27)29-20)14-25-12-11-16-8-4-5-10-19(16)28-3/h4-5,8-10,15,18,20-22,25-26H,6-7,11-14H2,1-3H3/t15-,18+,20-,21-,22+,24-/m1/s1. The zero-order chi connectivity index (χ0) is 20.6. The van der Waals surface area contributed by atoms with Gasteiger partial charge in [-0.1, -0.05) is 43.7 Å². The van der Waals surface area contributed by atoms with Crippen molar-refractivity contribution in [1.29, 1.82) is 0 Å². The molecule has 1 aromatic carbocycles. The minimum Gasteiger partial charge on any atom is -0.496 e. The highest BCUT2D eigenvalue weighted by atomic mass is 16.6. The van der Waals surface area contributed by atoms with Gasteiger partial charge in [0.25, 0.3) is 0 Å². The second-order valence-corrected chi connectivity index (χ2v) is 9.06. The van der Waals surface area contributed by atoms with Crippen LogP contribution in [-0.2, 0) is 16.0 Å². The summed E-state index contributed by atoms with van der Waals surface area (Å²) in [5, 5.41) is 14.8. The lowest BCUT2D eigenvalue weighted by Gasteiger charge is -2.51. The Kier molecular flexibility index (Phi) is 5.71. The summed E-state index contributed by atoms with van der Waals surface area (Å²) in [6.45, 7) is 5.69. The van der Waals surface area contributed by atoms with Crippen molar-refractivity contribution >= 4 is 5.97 Å². The molecule has 6 atom stereocenters. The van der Waals surface area contributed by atoms with Crippen molar-refractivity contribution in [1.82, 2.24) is 5.32 Å². The molecule has 1 aliphatic heterocycles. The molecule has 3 aliphatic rings. The van der Waals surface area contributed by atoms with E-state index < -0.39 is 6.10 Å². The van der Waals surface area contributed by atoms with E-state index in [1.54, 1.807) is 7.11 Å². The molecular weight excluding hydrogens is 366 g/mol. The van der Waals surface area contributed by atoms with Crippen LogP contribution in [0.4, 0.5) is 0 Å². The SMILES string of the molecule is COc1ccccc1CCNC[C@@H]1C(=O)O[C@@H]2CC3=CCC[C@@H](C)[C@@]3(C)[C@@H](O)[C@H]12. The minimum absolute atomic E-state index is 0.135. The number of methoxy groups -OCH3 is 1. The number of benzene rings is 1. The van der Waals surface area contributed by atoms with E-state index in [0.29, 0.717) is 12.5 Å². The van der Waals surface area contributed by atoms with Gasteiger partial charge >= 0.3 is 5.97 Å². The average molecular weight is 400 g/mol. The predicted molar refractivity (Wildman–Crippen MR) is 112 cm³/mol. The lowest BCUT2D eigenvalue weighted by molar-refractivity contribution is -0.144. The Labute approximate surface area is 173 Å². The fraction of sp³-hybridized carbons (Fsp3) is 0.625. The number of ether oxygens (including phenoxy) is 2. The van der Waals surface area contributed by atoms with Crippen LogP contribution < -0.4 is 10.1 Å². The maximum absolute atomic E-state index is 12.6. The van der Waals surface area contributed by atoms with Gasteiger partial charge in [-0.15, -0.1) is 0 Å². The van der Waals surface area contributed by atoms with Gasteiger partial charge in [0, 0.05) is 24.3 Å². The number of allylic oxidation sites excluding steroid dienone is 1. The molecule has 5 heteroatoms. The molecule has 0 amide bonds. The molecule has 29 heavy (non-hydrogen) atoms. The number of aliphatic hydroxyl groups excluding tert-OH is 1. The predicted octanol–water partition coefficient (Wildman–Crippen LogP) is 3.11. The Morgan fingerprint density at radius 1 is 1.34 bits per heavy atom. The minimum atomic E-state index is -0.546. The number of aliphatic hydroxyl groups is 1. The molecular formula is C24H33NO4. The van der Waals surface area contributed by atoms with Crippen molar-refractivity contribution in [2.24, 2.45) is 23.2 Å². The van der Waals surface area contributed by atoms with Crippen molar-refractivity contribution in [3.05, 3.63) is 41.5 Å². The second kappa shape index (κ2) is 8.11. The zero-order valence-corrected chi connectivity index (χ0v) is 17.7. The largest absolute Gasteiger partial charge is 0.496 e. The van der Waals surface area contributed by atoms with E-state index in [9.17, 15) is 9.90 Å². The number of carbonyl (C=O) groups is 1. The van der Waals surface area contributed by atoms with Gasteiger partial charge in [-0.3, -0.25) is 4.79 Å². The van der Waals surface area contributed by atoms with Crippen LogP contribution in [0.25, 0.3) is 0 Å². The van der Waals surface area contributed by atoms with Crippen LogP contribution >= 0.6 is 0 Å². The number of carbonyl (C=O) groups excluding carboxylic acids is 1. The molecule has 0 aromatic heterocycles. The first-order chi connectivity index (χ1) is 14.0. The van der Waals surface area contributed by atoms with Crippen LogP contribution in [0.15, 0.2) is 35.9 Å². The molecule has 0 radical (unpaired) electrons. The van der Waals surface area contributed by atoms with Crippen LogP contribution in [0.3, 0.4) is 0 Å². The third-order valence-corrected chi connectivity index (χ3v) is 7.70. The van der Waals surface area contributed by atoms with E-state index in [-0.39, 0.29) is 29.3 Å². The highest BCUT2D eigenvalue weighted by molar-refractivity contribution is 5.76. The van der Waals surface area contributed by atoms with E-state index in [1.807, 2.05) is 18.2 Å². The molecule has 2 aliphatic carbocycles. The molecule has 0 bridgehead atoms. The molecule has 4 rings (SSSR count). The number of hydrogen-bond acceptors (Lipinski definition) is 5. The maximum atomic E-state index is 12.6. The average Bonchev–Trinajstić information content (AvgIpc) is 3.03. The maximum Gasteiger partial charge on any atom is 0.311 e. The number of fused-ring (bicyclic) bond motifs is 2. The molecule has 1 saturated carbocycles. The Bertz CT molecular complexity index is 791. The summed E-state index contributed by atoms with van der Waals surface area (Å²) in [7, 11) is 1.68. The van der Waals surface area contributed by atoms with Gasteiger partial charge < -0.3 is 19.9 Å². The Hall–Kier alpha value is -1.85. The number of nitrogens with one attached hydrogen (secondary N) is 1. The first-order valence-electron chi connectivity index (χ1n) is 10.9. The molecule has 1 saturated heterocycles. The van der Waals surface area contributed by atoms with Crippen LogP contribution in [0, 0.1) is 23.2 Å². The molecule has 2 N–H and O–H groups in total. The number of para-hydroxylation sites is 1. The summed E-state index contributed by atoms with van der Waals surface area (Å²) in [6.07, 6.45) is 5.27. The molecule has 158 valence electrons. The van der Waals surface area contributed by atoms with E-state index in [4.69, 9.17) is 9.47 Å². The number of hydrogen-bond donors (Lipinski definition) is 2. The van der Waals surface area contributed by atoms with Crippen molar-refractivity contribution in [3.8, 4) is 5.75 Å². The van der Waals surface area contributed by atoms with Crippen LogP contribution in [-0.4, -0.2) is 43.5 Å². The smallest absolute Gasteiger partial charge is 0.311 e. The van der Waals surface area contributed by atoms with Crippen molar-refractivity contribution in [3.63, 3.8) is 0 Å². The highest BCUT2D eigenvalue weighted by Crippen LogP contribution is 2.55. The summed E-state index contributed by atoms with van der Waals surface area (Å²) in [4.78, 5) is 12.6. The van der Waals surface area contributed by atoms with Crippen LogP contribution in [0.5, 0.6) is 5.75 Å². The van der Waals surface area contributed by atoms with Gasteiger partial charge in [0.1, 0.15) is 11.9 Å². The molecule has 2 fully saturated rings. The first-order valence-corrected chi connectivity index (χ1v) is 10.9. The van der Waals surface area contributed by atoms with Crippen molar-refractivity contribution < 1.29 is 19.4 Å². The van der Waals surface area contributed by atoms with Gasteiger partial charge in [-0.25, -0.2) is 0 Å². The van der Waals surface area contributed by atoms with Crippen LogP contribution in [0.2, 0.25) is 0 Å². The Morgan fingerprint density at radius 2 is 2.14 bits per heavy atom. The summed E-state index contributed by atoms with van der Waals surface area (Å²) < 4.78 is 11.1.